The highest BCUT2D eigenvalue weighted by Crippen LogP contribution is 2.54. The number of fused-ring (bicyclic) bond motifs is 2. The molecule has 3 aromatic carbocycles. The number of halogens is 1. The predicted octanol–water partition coefficient (Wildman–Crippen LogP) is 8.77. The minimum atomic E-state index is -0.287. The summed E-state index contributed by atoms with van der Waals surface area (Å²) >= 11 is 2.45. The van der Waals surface area contributed by atoms with Crippen LogP contribution in [0.25, 0.3) is 0 Å². The first-order valence-corrected chi connectivity index (χ1v) is 14.8. The van der Waals surface area contributed by atoms with E-state index in [1.807, 2.05) is 0 Å². The van der Waals surface area contributed by atoms with Crippen LogP contribution in [0.3, 0.4) is 0 Å². The van der Waals surface area contributed by atoms with E-state index in [9.17, 15) is 0 Å². The minimum absolute atomic E-state index is 0.165. The first-order chi connectivity index (χ1) is 17.5. The van der Waals surface area contributed by atoms with Crippen LogP contribution in [-0.4, -0.2) is 17.3 Å². The Labute approximate surface area is 230 Å². The van der Waals surface area contributed by atoms with Gasteiger partial charge in [-0.05, 0) is 64.8 Å². The molecule has 0 aliphatic heterocycles. The second-order valence-corrected chi connectivity index (χ2v) is 11.8. The van der Waals surface area contributed by atoms with E-state index >= 15 is 0 Å². The van der Waals surface area contributed by atoms with Crippen LogP contribution in [0.5, 0.6) is 5.75 Å². The van der Waals surface area contributed by atoms with Gasteiger partial charge in [0.05, 0.1) is 6.61 Å². The van der Waals surface area contributed by atoms with Gasteiger partial charge < -0.3 is 9.47 Å². The Hall–Kier alpha value is -2.11. The van der Waals surface area contributed by atoms with Crippen LogP contribution in [-0.2, 0) is 4.74 Å². The molecule has 1 fully saturated rings. The van der Waals surface area contributed by atoms with Crippen molar-refractivity contribution in [2.24, 2.45) is 17.3 Å². The van der Waals surface area contributed by atoms with E-state index in [-0.39, 0.29) is 17.6 Å². The van der Waals surface area contributed by atoms with Gasteiger partial charge in [-0.25, -0.2) is 0 Å². The fourth-order valence-corrected chi connectivity index (χ4v) is 6.53. The van der Waals surface area contributed by atoms with Gasteiger partial charge in [0.2, 0.25) is 0 Å². The molecule has 0 heterocycles. The zero-order valence-electron chi connectivity index (χ0n) is 21.4. The van der Waals surface area contributed by atoms with Crippen molar-refractivity contribution >= 4 is 22.6 Å². The van der Waals surface area contributed by atoms with Gasteiger partial charge in [0, 0.05) is 16.8 Å². The summed E-state index contributed by atoms with van der Waals surface area (Å²) < 4.78 is 14.4. The number of ether oxygens (including phenoxy) is 2. The largest absolute Gasteiger partial charge is 0.465 e. The van der Waals surface area contributed by atoms with Crippen LogP contribution in [0.1, 0.15) is 61.6 Å². The molecule has 36 heavy (non-hydrogen) atoms. The number of alkyl halides is 1. The first kappa shape index (κ1) is 25.5. The Morgan fingerprint density at radius 2 is 1.50 bits per heavy atom. The third-order valence-corrected chi connectivity index (χ3v) is 9.55. The Balaban J connectivity index is 1.36. The Morgan fingerprint density at radius 1 is 0.861 bits per heavy atom. The molecule has 2 aliphatic carbocycles. The Morgan fingerprint density at radius 3 is 2.03 bits per heavy atom. The third kappa shape index (κ3) is 5.89. The van der Waals surface area contributed by atoms with E-state index in [2.05, 4.69) is 134 Å². The summed E-state index contributed by atoms with van der Waals surface area (Å²) in [6, 6.07) is 30.0. The molecule has 0 N–H and O–H groups in total. The Kier molecular flexibility index (Phi) is 8.17. The minimum Gasteiger partial charge on any atom is -0.465 e. The van der Waals surface area contributed by atoms with Gasteiger partial charge in [-0.15, -0.1) is 0 Å². The van der Waals surface area contributed by atoms with E-state index in [0.717, 1.165) is 22.5 Å². The van der Waals surface area contributed by atoms with E-state index in [4.69, 9.17) is 9.47 Å². The van der Waals surface area contributed by atoms with E-state index in [1.54, 1.807) is 0 Å². The number of benzene rings is 3. The summed E-state index contributed by atoms with van der Waals surface area (Å²) in [7, 11) is 0. The van der Waals surface area contributed by atoms with Gasteiger partial charge in [0.25, 0.3) is 0 Å². The zero-order valence-corrected chi connectivity index (χ0v) is 23.5. The molecule has 5 unspecified atom stereocenters. The summed E-state index contributed by atoms with van der Waals surface area (Å²) in [5.74, 6) is 2.95. The summed E-state index contributed by atoms with van der Waals surface area (Å²) in [6.07, 6.45) is 7.97. The number of hydrogen-bond donors (Lipinski definition) is 0. The highest BCUT2D eigenvalue weighted by molar-refractivity contribution is 14.1. The topological polar surface area (TPSA) is 18.5 Å². The van der Waals surface area contributed by atoms with Crippen molar-refractivity contribution in [2.75, 3.05) is 11.0 Å². The molecule has 0 radical (unpaired) electrons. The fourth-order valence-electron chi connectivity index (χ4n) is 6.02. The van der Waals surface area contributed by atoms with E-state index in [0.29, 0.717) is 18.4 Å². The van der Waals surface area contributed by atoms with Gasteiger partial charge >= 0.3 is 0 Å². The van der Waals surface area contributed by atoms with Crippen molar-refractivity contribution in [2.45, 2.75) is 51.2 Å². The molecule has 0 amide bonds. The smallest absolute Gasteiger partial charge is 0.200 e. The van der Waals surface area contributed by atoms with Crippen LogP contribution in [0.2, 0.25) is 0 Å². The molecule has 1 saturated carbocycles. The maximum Gasteiger partial charge on any atom is 0.200 e. The lowest BCUT2D eigenvalue weighted by atomic mass is 9.75. The molecule has 2 bridgehead atoms. The van der Waals surface area contributed by atoms with Crippen molar-refractivity contribution in [3.05, 3.63) is 114 Å². The van der Waals surface area contributed by atoms with Crippen molar-refractivity contribution in [1.29, 1.82) is 0 Å². The molecule has 5 atom stereocenters. The predicted molar refractivity (Wildman–Crippen MR) is 157 cm³/mol. The normalized spacial score (nSPS) is 24.2. The third-order valence-electron chi connectivity index (χ3n) is 8.23. The quantitative estimate of drug-likeness (QED) is 0.0960. The molecule has 2 aliphatic rings. The summed E-state index contributed by atoms with van der Waals surface area (Å²) in [5.41, 5.74) is 4.12. The van der Waals surface area contributed by atoms with Crippen molar-refractivity contribution in [1.82, 2.24) is 0 Å². The molecular formula is C33H37IO2. The van der Waals surface area contributed by atoms with E-state index in [1.165, 1.54) is 29.5 Å². The highest BCUT2D eigenvalue weighted by Gasteiger charge is 2.46. The molecular weight excluding hydrogens is 555 g/mol. The summed E-state index contributed by atoms with van der Waals surface area (Å²) in [6.45, 7) is 5.28. The fraction of sp³-hybridized carbons (Fsp3) is 0.394. The molecule has 0 spiro atoms. The van der Waals surface area contributed by atoms with Crippen LogP contribution in [0.4, 0.5) is 0 Å². The molecule has 0 saturated heterocycles. The first-order valence-electron chi connectivity index (χ1n) is 13.3. The lowest BCUT2D eigenvalue weighted by Gasteiger charge is -2.35. The van der Waals surface area contributed by atoms with Crippen molar-refractivity contribution in [3.8, 4) is 5.75 Å². The molecule has 3 aromatic rings. The lowest BCUT2D eigenvalue weighted by Crippen LogP contribution is -2.33. The maximum atomic E-state index is 6.70. The number of rotatable bonds is 11. The molecule has 3 heteroatoms. The zero-order chi connectivity index (χ0) is 25.0. The SMILES string of the molecule is CC(CI)c1ccc(OC(CC2(C)CC3C=CC2C3)OCC(c2ccccc2)c2ccccc2)cc1. The molecule has 188 valence electrons. The standard InChI is InChI=1S/C33H37IO2/c1-24(22-34)26-14-17-30(18-15-26)36-32(21-33(2)20-25-13-16-29(33)19-25)35-23-31(27-9-5-3-6-10-27)28-11-7-4-8-12-28/h3-18,24-25,29,31-32H,19-23H2,1-2H3. The van der Waals surface area contributed by atoms with Gasteiger partial charge in [-0.3, -0.25) is 0 Å². The van der Waals surface area contributed by atoms with Gasteiger partial charge in [-0.2, -0.15) is 0 Å². The number of hydrogen-bond acceptors (Lipinski definition) is 2. The maximum absolute atomic E-state index is 6.70. The second kappa shape index (κ2) is 11.5. The van der Waals surface area contributed by atoms with Crippen LogP contribution >= 0.6 is 22.6 Å². The lowest BCUT2D eigenvalue weighted by molar-refractivity contribution is -0.108. The number of allylic oxidation sites excluding steroid dienone is 2. The van der Waals surface area contributed by atoms with Crippen molar-refractivity contribution in [3.63, 3.8) is 0 Å². The van der Waals surface area contributed by atoms with E-state index < -0.39 is 0 Å². The molecule has 2 nitrogen and oxygen atoms in total. The Bertz CT molecular complexity index is 1090. The monoisotopic (exact) mass is 592 g/mol. The van der Waals surface area contributed by atoms with Crippen molar-refractivity contribution < 1.29 is 9.47 Å². The van der Waals surface area contributed by atoms with Gasteiger partial charge in [0.15, 0.2) is 6.29 Å². The van der Waals surface area contributed by atoms with Crippen LogP contribution in [0.15, 0.2) is 97.1 Å². The molecule has 0 aromatic heterocycles. The average molecular weight is 593 g/mol. The summed E-state index contributed by atoms with van der Waals surface area (Å²) in [5, 5.41) is 0. The van der Waals surface area contributed by atoms with Gasteiger partial charge in [-0.1, -0.05) is 121 Å². The molecule has 5 rings (SSSR count). The average Bonchev–Trinajstić information content (AvgIpc) is 3.51. The second-order valence-electron chi connectivity index (χ2n) is 10.9. The van der Waals surface area contributed by atoms with Crippen LogP contribution < -0.4 is 4.74 Å². The van der Waals surface area contributed by atoms with Crippen LogP contribution in [0, 0.1) is 17.3 Å². The van der Waals surface area contributed by atoms with Gasteiger partial charge in [0.1, 0.15) is 5.75 Å². The highest BCUT2D eigenvalue weighted by atomic mass is 127. The summed E-state index contributed by atoms with van der Waals surface area (Å²) in [4.78, 5) is 0.